The molecule has 1 fully saturated rings. The van der Waals surface area contributed by atoms with E-state index >= 15 is 0 Å². The molecule has 0 saturated carbocycles. The van der Waals surface area contributed by atoms with E-state index in [1.54, 1.807) is 30.6 Å². The second-order valence-corrected chi connectivity index (χ2v) is 7.31. The van der Waals surface area contributed by atoms with Gasteiger partial charge in [0.1, 0.15) is 17.3 Å². The third-order valence-corrected chi connectivity index (χ3v) is 5.03. The van der Waals surface area contributed by atoms with Crippen LogP contribution in [0.4, 0.5) is 0 Å². The molecule has 8 heteroatoms. The first-order valence-electron chi connectivity index (χ1n) is 9.55. The van der Waals surface area contributed by atoms with Crippen LogP contribution in [0.2, 0.25) is 0 Å². The van der Waals surface area contributed by atoms with Gasteiger partial charge in [-0.15, -0.1) is 0 Å². The molecule has 0 radical (unpaired) electrons. The Morgan fingerprint density at radius 2 is 1.90 bits per heavy atom. The second kappa shape index (κ2) is 8.96. The molecule has 1 aromatic heterocycles. The van der Waals surface area contributed by atoms with Gasteiger partial charge >= 0.3 is 0 Å². The summed E-state index contributed by atoms with van der Waals surface area (Å²) in [5.41, 5.74) is 0.654. The number of aromatic hydroxyl groups is 1. The molecule has 3 rings (SSSR count). The SMILES string of the molecule is COc1ccc(C(O)=C2C(=O)C(=O)N(CCCN(C)C)C2c2ccncc2)c(O)c1. The Morgan fingerprint density at radius 3 is 2.50 bits per heavy atom. The first-order chi connectivity index (χ1) is 14.3. The zero-order valence-corrected chi connectivity index (χ0v) is 17.2. The first-order valence-corrected chi connectivity index (χ1v) is 9.55. The lowest BCUT2D eigenvalue weighted by molar-refractivity contribution is -0.139. The normalized spacial score (nSPS) is 18.3. The van der Waals surface area contributed by atoms with Crippen LogP contribution in [0.25, 0.3) is 5.76 Å². The Kier molecular flexibility index (Phi) is 6.37. The van der Waals surface area contributed by atoms with E-state index in [0.717, 1.165) is 6.54 Å². The number of ether oxygens (including phenoxy) is 1. The lowest BCUT2D eigenvalue weighted by atomic mass is 9.95. The fraction of sp³-hybridized carbons (Fsp3) is 0.318. The molecule has 1 aromatic carbocycles. The van der Waals surface area contributed by atoms with Crippen LogP contribution in [-0.2, 0) is 9.59 Å². The number of likely N-dealkylation sites (tertiary alicyclic amines) is 1. The number of methoxy groups -OCH3 is 1. The van der Waals surface area contributed by atoms with E-state index in [4.69, 9.17) is 4.74 Å². The summed E-state index contributed by atoms with van der Waals surface area (Å²) in [6.07, 6.45) is 3.80. The van der Waals surface area contributed by atoms with Crippen molar-refractivity contribution < 1.29 is 24.5 Å². The maximum absolute atomic E-state index is 12.9. The van der Waals surface area contributed by atoms with Crippen LogP contribution in [0.3, 0.4) is 0 Å². The summed E-state index contributed by atoms with van der Waals surface area (Å²) < 4.78 is 5.07. The fourth-order valence-corrected chi connectivity index (χ4v) is 3.54. The summed E-state index contributed by atoms with van der Waals surface area (Å²) >= 11 is 0. The lowest BCUT2D eigenvalue weighted by Gasteiger charge is -2.25. The molecular weight excluding hydrogens is 386 g/mol. The lowest BCUT2D eigenvalue weighted by Crippen LogP contribution is -2.32. The Morgan fingerprint density at radius 1 is 1.20 bits per heavy atom. The minimum atomic E-state index is -0.783. The Balaban J connectivity index is 2.09. The van der Waals surface area contributed by atoms with Crippen molar-refractivity contribution in [1.82, 2.24) is 14.8 Å². The van der Waals surface area contributed by atoms with E-state index in [-0.39, 0.29) is 16.9 Å². The molecule has 1 unspecified atom stereocenters. The number of aliphatic hydroxyl groups is 1. The number of hydrogen-bond donors (Lipinski definition) is 2. The first kappa shape index (κ1) is 21.3. The van der Waals surface area contributed by atoms with Gasteiger partial charge in [-0.2, -0.15) is 0 Å². The Hall–Kier alpha value is -3.39. The highest BCUT2D eigenvalue weighted by Gasteiger charge is 2.46. The predicted octanol–water partition coefficient (Wildman–Crippen LogP) is 2.17. The van der Waals surface area contributed by atoms with Gasteiger partial charge in [-0.05, 0) is 56.9 Å². The molecule has 2 N–H and O–H groups in total. The molecule has 1 saturated heterocycles. The van der Waals surface area contributed by atoms with Crippen molar-refractivity contribution in [2.45, 2.75) is 12.5 Å². The summed E-state index contributed by atoms with van der Waals surface area (Å²) in [6.45, 7) is 1.09. The zero-order valence-electron chi connectivity index (χ0n) is 17.2. The molecule has 2 heterocycles. The molecule has 1 amide bonds. The van der Waals surface area contributed by atoms with Crippen molar-refractivity contribution >= 4 is 17.4 Å². The number of carbonyl (C=O) groups excluding carboxylic acids is 2. The van der Waals surface area contributed by atoms with Crippen molar-refractivity contribution in [2.24, 2.45) is 0 Å². The van der Waals surface area contributed by atoms with Gasteiger partial charge in [0.25, 0.3) is 11.7 Å². The van der Waals surface area contributed by atoms with Gasteiger partial charge in [-0.25, -0.2) is 0 Å². The van der Waals surface area contributed by atoms with Crippen LogP contribution < -0.4 is 4.74 Å². The quantitative estimate of drug-likeness (QED) is 0.409. The largest absolute Gasteiger partial charge is 0.507 e. The average Bonchev–Trinajstić information content (AvgIpc) is 2.98. The summed E-state index contributed by atoms with van der Waals surface area (Å²) in [4.78, 5) is 33.2. The molecule has 8 nitrogen and oxygen atoms in total. The molecular formula is C22H25N3O5. The second-order valence-electron chi connectivity index (χ2n) is 7.31. The molecule has 0 aliphatic carbocycles. The number of phenols is 1. The average molecular weight is 411 g/mol. The number of rotatable bonds is 7. The minimum absolute atomic E-state index is 0.0566. The van der Waals surface area contributed by atoms with Crippen molar-refractivity contribution in [2.75, 3.05) is 34.3 Å². The monoisotopic (exact) mass is 411 g/mol. The van der Waals surface area contributed by atoms with Gasteiger partial charge in [0, 0.05) is 25.0 Å². The molecule has 2 aromatic rings. The van der Waals surface area contributed by atoms with Crippen molar-refractivity contribution in [3.05, 3.63) is 59.4 Å². The van der Waals surface area contributed by atoms with Gasteiger partial charge in [-0.3, -0.25) is 14.6 Å². The van der Waals surface area contributed by atoms with E-state index in [0.29, 0.717) is 24.3 Å². The molecule has 1 atom stereocenters. The minimum Gasteiger partial charge on any atom is -0.507 e. The van der Waals surface area contributed by atoms with Crippen molar-refractivity contribution in [3.63, 3.8) is 0 Å². The number of benzene rings is 1. The van der Waals surface area contributed by atoms with Gasteiger partial charge in [0.15, 0.2) is 0 Å². The third kappa shape index (κ3) is 4.13. The van der Waals surface area contributed by atoms with Crippen LogP contribution in [0, 0.1) is 0 Å². The zero-order chi connectivity index (χ0) is 21.8. The highest BCUT2D eigenvalue weighted by atomic mass is 16.5. The number of pyridine rings is 1. The Labute approximate surface area is 175 Å². The van der Waals surface area contributed by atoms with Gasteiger partial charge in [-0.1, -0.05) is 0 Å². The molecule has 1 aliphatic rings. The smallest absolute Gasteiger partial charge is 0.295 e. The van der Waals surface area contributed by atoms with E-state index in [2.05, 4.69) is 4.98 Å². The fourth-order valence-electron chi connectivity index (χ4n) is 3.54. The number of aliphatic hydroxyl groups excluding tert-OH is 1. The maximum atomic E-state index is 12.9. The molecule has 0 spiro atoms. The van der Waals surface area contributed by atoms with Crippen LogP contribution in [0.1, 0.15) is 23.6 Å². The topological polar surface area (TPSA) is 103 Å². The number of Topliss-reactive ketones (excluding diaryl/α,β-unsaturated/α-hetero) is 1. The summed E-state index contributed by atoms with van der Waals surface area (Å²) in [6, 6.07) is 6.99. The van der Waals surface area contributed by atoms with Gasteiger partial charge in [0.05, 0.1) is 24.3 Å². The van der Waals surface area contributed by atoms with Crippen LogP contribution in [0.15, 0.2) is 48.3 Å². The highest BCUT2D eigenvalue weighted by molar-refractivity contribution is 6.46. The molecule has 30 heavy (non-hydrogen) atoms. The highest BCUT2D eigenvalue weighted by Crippen LogP contribution is 2.41. The summed E-state index contributed by atoms with van der Waals surface area (Å²) in [7, 11) is 5.32. The van der Waals surface area contributed by atoms with Gasteiger partial charge < -0.3 is 24.7 Å². The van der Waals surface area contributed by atoms with E-state index in [1.165, 1.54) is 24.1 Å². The number of nitrogens with zero attached hydrogens (tertiary/aromatic N) is 3. The van der Waals surface area contributed by atoms with E-state index in [9.17, 15) is 19.8 Å². The maximum Gasteiger partial charge on any atom is 0.295 e. The molecule has 0 bridgehead atoms. The summed E-state index contributed by atoms with van der Waals surface area (Å²) in [5.74, 6) is -1.73. The molecule has 158 valence electrons. The Bertz CT molecular complexity index is 972. The summed E-state index contributed by atoms with van der Waals surface area (Å²) in [5, 5.41) is 21.3. The van der Waals surface area contributed by atoms with Gasteiger partial charge in [0.2, 0.25) is 0 Å². The van der Waals surface area contributed by atoms with E-state index in [1.807, 2.05) is 19.0 Å². The van der Waals surface area contributed by atoms with Crippen molar-refractivity contribution in [3.8, 4) is 11.5 Å². The number of aromatic nitrogens is 1. The predicted molar refractivity (Wildman–Crippen MR) is 111 cm³/mol. The third-order valence-electron chi connectivity index (χ3n) is 5.03. The van der Waals surface area contributed by atoms with Crippen molar-refractivity contribution in [1.29, 1.82) is 0 Å². The van der Waals surface area contributed by atoms with Crippen LogP contribution >= 0.6 is 0 Å². The number of phenolic OH excluding ortho intramolecular Hbond substituents is 1. The molecule has 1 aliphatic heterocycles. The van der Waals surface area contributed by atoms with Crippen LogP contribution in [-0.4, -0.2) is 71.0 Å². The number of carbonyl (C=O) groups is 2. The van der Waals surface area contributed by atoms with Crippen LogP contribution in [0.5, 0.6) is 11.5 Å². The number of ketones is 1. The number of hydrogen-bond acceptors (Lipinski definition) is 7. The van der Waals surface area contributed by atoms with E-state index < -0.39 is 23.5 Å². The number of amides is 1. The standard InChI is InChI=1S/C22H25N3O5/c1-24(2)11-4-12-25-19(14-7-9-23-10-8-14)18(21(28)22(25)29)20(27)16-6-5-15(30-3)13-17(16)26/h5-10,13,19,26-27H,4,11-12H2,1-3H3.